The zero-order chi connectivity index (χ0) is 18.2. The molecule has 0 radical (unpaired) electrons. The van der Waals surface area contributed by atoms with Gasteiger partial charge in [0, 0.05) is 31.2 Å². The molecule has 9 heteroatoms. The van der Waals surface area contributed by atoms with Gasteiger partial charge in [-0.25, -0.2) is 8.42 Å². The van der Waals surface area contributed by atoms with Crippen LogP contribution >= 0.6 is 11.6 Å². The Kier molecular flexibility index (Phi) is 4.86. The molecule has 134 valence electrons. The van der Waals surface area contributed by atoms with Gasteiger partial charge in [0.1, 0.15) is 11.3 Å². The number of piperazine rings is 1. The molecule has 2 aromatic rings. The number of rotatable bonds is 3. The largest absolute Gasteiger partial charge is 0.361 e. The maximum Gasteiger partial charge on any atom is 0.259 e. The Bertz CT molecular complexity index is 865. The minimum Gasteiger partial charge on any atom is -0.361 e. The number of aryl methyl sites for hydroxylation is 2. The van der Waals surface area contributed by atoms with E-state index in [1.165, 1.54) is 16.4 Å². The Morgan fingerprint density at radius 3 is 2.24 bits per heavy atom. The SMILES string of the molecule is Cc1noc(C)c1C(=O)N1CCN(S(=O)(=O)c2ccc(Cl)cc2)CC1. The van der Waals surface area contributed by atoms with Gasteiger partial charge in [0.05, 0.1) is 10.6 Å². The zero-order valence-corrected chi connectivity index (χ0v) is 15.5. The lowest BCUT2D eigenvalue weighted by Crippen LogP contribution is -2.50. The number of sulfonamides is 1. The third-order valence-corrected chi connectivity index (χ3v) is 6.39. The molecule has 0 aliphatic carbocycles. The maximum absolute atomic E-state index is 12.7. The number of carbonyl (C=O) groups is 1. The molecule has 3 rings (SSSR count). The normalized spacial score (nSPS) is 16.2. The number of halogens is 1. The molecular formula is C16H18ClN3O4S. The van der Waals surface area contributed by atoms with Crippen molar-refractivity contribution in [3.05, 3.63) is 46.3 Å². The van der Waals surface area contributed by atoms with Crippen LogP contribution in [-0.4, -0.2) is 54.9 Å². The van der Waals surface area contributed by atoms with E-state index in [0.29, 0.717) is 35.1 Å². The average Bonchev–Trinajstić information content (AvgIpc) is 2.93. The van der Waals surface area contributed by atoms with Crippen LogP contribution in [0.5, 0.6) is 0 Å². The third-order valence-electron chi connectivity index (χ3n) is 4.22. The predicted molar refractivity (Wildman–Crippen MR) is 92.1 cm³/mol. The van der Waals surface area contributed by atoms with E-state index >= 15 is 0 Å². The molecule has 1 amide bonds. The summed E-state index contributed by atoms with van der Waals surface area (Å²) in [6, 6.07) is 6.06. The van der Waals surface area contributed by atoms with Gasteiger partial charge in [-0.05, 0) is 38.1 Å². The molecule has 0 N–H and O–H groups in total. The zero-order valence-electron chi connectivity index (χ0n) is 13.9. The van der Waals surface area contributed by atoms with Crippen molar-refractivity contribution in [3.8, 4) is 0 Å². The van der Waals surface area contributed by atoms with E-state index in [1.54, 1.807) is 30.9 Å². The van der Waals surface area contributed by atoms with Gasteiger partial charge in [0.2, 0.25) is 10.0 Å². The predicted octanol–water partition coefficient (Wildman–Crippen LogP) is 2.09. The minimum atomic E-state index is -3.59. The van der Waals surface area contributed by atoms with E-state index in [1.807, 2.05) is 0 Å². The first-order valence-electron chi connectivity index (χ1n) is 7.78. The Morgan fingerprint density at radius 2 is 1.72 bits per heavy atom. The average molecular weight is 384 g/mol. The van der Waals surface area contributed by atoms with Crippen LogP contribution in [0.2, 0.25) is 5.02 Å². The van der Waals surface area contributed by atoms with Gasteiger partial charge in [-0.2, -0.15) is 4.31 Å². The standard InChI is InChI=1S/C16H18ClN3O4S/c1-11-15(12(2)24-18-11)16(21)19-7-9-20(10-8-19)25(22,23)14-5-3-13(17)4-6-14/h3-6H,7-10H2,1-2H3. The van der Waals surface area contributed by atoms with Crippen LogP contribution in [-0.2, 0) is 10.0 Å². The summed E-state index contributed by atoms with van der Waals surface area (Å²) in [5.41, 5.74) is 0.993. The van der Waals surface area contributed by atoms with Crippen molar-refractivity contribution in [2.45, 2.75) is 18.7 Å². The Labute approximate surface area is 151 Å². The van der Waals surface area contributed by atoms with E-state index in [-0.39, 0.29) is 23.9 Å². The minimum absolute atomic E-state index is 0.181. The molecule has 0 bridgehead atoms. The smallest absolute Gasteiger partial charge is 0.259 e. The van der Waals surface area contributed by atoms with Gasteiger partial charge in [0.25, 0.3) is 5.91 Å². The molecule has 25 heavy (non-hydrogen) atoms. The topological polar surface area (TPSA) is 83.7 Å². The Balaban J connectivity index is 1.71. The first-order valence-corrected chi connectivity index (χ1v) is 9.60. The van der Waals surface area contributed by atoms with Gasteiger partial charge in [0.15, 0.2) is 0 Å². The van der Waals surface area contributed by atoms with Gasteiger partial charge in [-0.15, -0.1) is 0 Å². The van der Waals surface area contributed by atoms with Crippen molar-refractivity contribution >= 4 is 27.5 Å². The first kappa shape index (κ1) is 17.9. The molecule has 1 aliphatic heterocycles. The van der Waals surface area contributed by atoms with Crippen LogP contribution < -0.4 is 0 Å². The number of hydrogen-bond donors (Lipinski definition) is 0. The number of nitrogens with zero attached hydrogens (tertiary/aromatic N) is 3. The summed E-state index contributed by atoms with van der Waals surface area (Å²) in [6.07, 6.45) is 0. The highest BCUT2D eigenvalue weighted by Gasteiger charge is 2.32. The third kappa shape index (κ3) is 3.42. The molecule has 1 aromatic heterocycles. The molecule has 1 fully saturated rings. The van der Waals surface area contributed by atoms with E-state index in [2.05, 4.69) is 5.16 Å². The van der Waals surface area contributed by atoms with E-state index < -0.39 is 10.0 Å². The summed E-state index contributed by atoms with van der Waals surface area (Å²) < 4.78 is 31.8. The van der Waals surface area contributed by atoms with Crippen LogP contribution in [0.3, 0.4) is 0 Å². The molecule has 0 spiro atoms. The van der Waals surface area contributed by atoms with Gasteiger partial charge < -0.3 is 9.42 Å². The fourth-order valence-corrected chi connectivity index (χ4v) is 4.38. The lowest BCUT2D eigenvalue weighted by Gasteiger charge is -2.34. The summed E-state index contributed by atoms with van der Waals surface area (Å²) in [5.74, 6) is 0.290. The second-order valence-electron chi connectivity index (χ2n) is 5.85. The van der Waals surface area contributed by atoms with Crippen molar-refractivity contribution in [2.75, 3.05) is 26.2 Å². The van der Waals surface area contributed by atoms with Gasteiger partial charge >= 0.3 is 0 Å². The monoisotopic (exact) mass is 383 g/mol. The molecule has 1 aromatic carbocycles. The summed E-state index contributed by atoms with van der Waals surface area (Å²) in [7, 11) is -3.59. The first-order chi connectivity index (χ1) is 11.8. The number of hydrogen-bond acceptors (Lipinski definition) is 5. The number of amides is 1. The van der Waals surface area contributed by atoms with E-state index in [4.69, 9.17) is 16.1 Å². The molecule has 0 saturated carbocycles. The lowest BCUT2D eigenvalue weighted by atomic mass is 10.1. The van der Waals surface area contributed by atoms with Gasteiger partial charge in [-0.1, -0.05) is 16.8 Å². The van der Waals surface area contributed by atoms with Crippen molar-refractivity contribution < 1.29 is 17.7 Å². The van der Waals surface area contributed by atoms with Gasteiger partial charge in [-0.3, -0.25) is 4.79 Å². The number of carbonyl (C=O) groups excluding carboxylic acids is 1. The van der Waals surface area contributed by atoms with Crippen LogP contribution in [0.1, 0.15) is 21.8 Å². The Morgan fingerprint density at radius 1 is 1.12 bits per heavy atom. The summed E-state index contributed by atoms with van der Waals surface area (Å²) in [4.78, 5) is 14.4. The fraction of sp³-hybridized carbons (Fsp3) is 0.375. The number of aromatic nitrogens is 1. The van der Waals surface area contributed by atoms with Crippen molar-refractivity contribution in [2.24, 2.45) is 0 Å². The van der Waals surface area contributed by atoms with Crippen molar-refractivity contribution in [3.63, 3.8) is 0 Å². The number of benzene rings is 1. The van der Waals surface area contributed by atoms with E-state index in [9.17, 15) is 13.2 Å². The molecule has 7 nitrogen and oxygen atoms in total. The summed E-state index contributed by atoms with van der Waals surface area (Å²) in [6.45, 7) is 4.50. The van der Waals surface area contributed by atoms with Crippen LogP contribution in [0.25, 0.3) is 0 Å². The maximum atomic E-state index is 12.7. The molecule has 0 unspecified atom stereocenters. The van der Waals surface area contributed by atoms with Crippen LogP contribution in [0.4, 0.5) is 0 Å². The highest BCUT2D eigenvalue weighted by atomic mass is 35.5. The van der Waals surface area contributed by atoms with Crippen LogP contribution in [0.15, 0.2) is 33.7 Å². The highest BCUT2D eigenvalue weighted by molar-refractivity contribution is 7.89. The summed E-state index contributed by atoms with van der Waals surface area (Å²) in [5, 5.41) is 4.27. The highest BCUT2D eigenvalue weighted by Crippen LogP contribution is 2.21. The molecule has 1 aliphatic rings. The lowest BCUT2D eigenvalue weighted by molar-refractivity contribution is 0.0695. The molecular weight excluding hydrogens is 366 g/mol. The van der Waals surface area contributed by atoms with Crippen LogP contribution in [0, 0.1) is 13.8 Å². The van der Waals surface area contributed by atoms with Crippen molar-refractivity contribution in [1.29, 1.82) is 0 Å². The quantitative estimate of drug-likeness (QED) is 0.810. The molecule has 1 saturated heterocycles. The fourth-order valence-electron chi connectivity index (χ4n) is 2.83. The Hall–Kier alpha value is -1.90. The summed E-state index contributed by atoms with van der Waals surface area (Å²) >= 11 is 5.81. The van der Waals surface area contributed by atoms with E-state index in [0.717, 1.165) is 0 Å². The second-order valence-corrected chi connectivity index (χ2v) is 8.22. The second kappa shape index (κ2) is 6.78. The van der Waals surface area contributed by atoms with Crippen molar-refractivity contribution in [1.82, 2.24) is 14.4 Å². The molecule has 2 heterocycles. The molecule has 0 atom stereocenters.